The quantitative estimate of drug-likeness (QED) is 0.534. The zero-order valence-electron chi connectivity index (χ0n) is 15.1. The summed E-state index contributed by atoms with van der Waals surface area (Å²) >= 11 is 0. The second-order valence-electron chi connectivity index (χ2n) is 7.69. The van der Waals surface area contributed by atoms with E-state index in [0.29, 0.717) is 6.17 Å². The summed E-state index contributed by atoms with van der Waals surface area (Å²) in [5.41, 5.74) is 0. The Bertz CT molecular complexity index is 244. The average molecular weight is 296 g/mol. The van der Waals surface area contributed by atoms with Crippen molar-refractivity contribution in [3.8, 4) is 0 Å². The van der Waals surface area contributed by atoms with Crippen LogP contribution in [-0.4, -0.2) is 42.1 Å². The van der Waals surface area contributed by atoms with Gasteiger partial charge in [-0.3, -0.25) is 9.80 Å². The van der Waals surface area contributed by atoms with Gasteiger partial charge in [0.05, 0.1) is 6.17 Å². The van der Waals surface area contributed by atoms with Gasteiger partial charge in [-0.15, -0.1) is 0 Å². The van der Waals surface area contributed by atoms with Crippen LogP contribution < -0.4 is 0 Å². The van der Waals surface area contributed by atoms with Crippen molar-refractivity contribution in [2.75, 3.05) is 26.2 Å². The van der Waals surface area contributed by atoms with Crippen LogP contribution in [0.1, 0.15) is 72.6 Å². The van der Waals surface area contributed by atoms with Crippen LogP contribution in [0.15, 0.2) is 0 Å². The Hall–Kier alpha value is -0.0800. The molecular weight excluding hydrogens is 256 g/mol. The molecular formula is C19H39N2. The van der Waals surface area contributed by atoms with Crippen LogP contribution in [0.25, 0.3) is 0 Å². The normalized spacial score (nSPS) is 18.9. The highest BCUT2D eigenvalue weighted by molar-refractivity contribution is 4.78. The topological polar surface area (TPSA) is 6.48 Å². The van der Waals surface area contributed by atoms with E-state index < -0.39 is 0 Å². The highest BCUT2D eigenvalue weighted by Crippen LogP contribution is 2.17. The molecule has 2 heteroatoms. The van der Waals surface area contributed by atoms with Crippen molar-refractivity contribution in [3.05, 3.63) is 6.92 Å². The Morgan fingerprint density at radius 3 is 2.05 bits per heavy atom. The smallest absolute Gasteiger partial charge is 0.0623 e. The molecule has 0 spiro atoms. The van der Waals surface area contributed by atoms with Crippen molar-refractivity contribution >= 4 is 0 Å². The van der Waals surface area contributed by atoms with Gasteiger partial charge < -0.3 is 0 Å². The highest BCUT2D eigenvalue weighted by Gasteiger charge is 2.22. The maximum atomic E-state index is 4.51. The van der Waals surface area contributed by atoms with E-state index in [1.54, 1.807) is 0 Å². The lowest BCUT2D eigenvalue weighted by molar-refractivity contribution is 0.0536. The molecule has 1 radical (unpaired) electrons. The van der Waals surface area contributed by atoms with Crippen molar-refractivity contribution in [3.63, 3.8) is 0 Å². The number of nitrogens with zero attached hydrogens (tertiary/aromatic N) is 2. The fraction of sp³-hybridized carbons (Fsp3) is 0.947. The van der Waals surface area contributed by atoms with Gasteiger partial charge in [-0.2, -0.15) is 0 Å². The largest absolute Gasteiger partial charge is 0.288 e. The Balaban J connectivity index is 2.41. The van der Waals surface area contributed by atoms with Gasteiger partial charge >= 0.3 is 0 Å². The first-order valence-corrected chi connectivity index (χ1v) is 9.32. The van der Waals surface area contributed by atoms with Crippen LogP contribution in [0.4, 0.5) is 0 Å². The van der Waals surface area contributed by atoms with E-state index in [9.17, 15) is 0 Å². The summed E-state index contributed by atoms with van der Waals surface area (Å²) in [6.07, 6.45) is 9.87. The van der Waals surface area contributed by atoms with E-state index in [-0.39, 0.29) is 0 Å². The number of likely N-dealkylation sites (tertiary alicyclic amines) is 1. The zero-order valence-corrected chi connectivity index (χ0v) is 15.1. The second-order valence-corrected chi connectivity index (χ2v) is 7.69. The molecule has 1 atom stereocenters. The molecule has 21 heavy (non-hydrogen) atoms. The minimum atomic E-state index is 0.392. The standard InChI is InChI=1S/C19H39N2/c1-17(2)11-7-10-15-21(16-12-18(3)4)19(5)20-13-8-6-9-14-20/h17-19H,5-16H2,1-4H3. The molecule has 0 N–H and O–H groups in total. The van der Waals surface area contributed by atoms with Gasteiger partial charge in [0.1, 0.15) is 0 Å². The van der Waals surface area contributed by atoms with Gasteiger partial charge in [0, 0.05) is 0 Å². The minimum Gasteiger partial charge on any atom is -0.288 e. The molecule has 0 aromatic heterocycles. The molecule has 125 valence electrons. The highest BCUT2D eigenvalue weighted by atomic mass is 15.3. The van der Waals surface area contributed by atoms with Gasteiger partial charge in [0.2, 0.25) is 0 Å². The Labute approximate surface area is 134 Å². The molecule has 0 aromatic carbocycles. The van der Waals surface area contributed by atoms with Crippen LogP contribution in [0.5, 0.6) is 0 Å². The predicted octanol–water partition coefficient (Wildman–Crippen LogP) is 4.81. The lowest BCUT2D eigenvalue weighted by Crippen LogP contribution is -2.49. The number of hydrogen-bond donors (Lipinski definition) is 0. The molecule has 1 fully saturated rings. The van der Waals surface area contributed by atoms with Crippen molar-refractivity contribution in [1.29, 1.82) is 0 Å². The molecule has 1 aliphatic heterocycles. The molecule has 0 aromatic rings. The third-order valence-electron chi connectivity index (χ3n) is 4.70. The van der Waals surface area contributed by atoms with E-state index in [1.165, 1.54) is 71.1 Å². The van der Waals surface area contributed by atoms with E-state index in [4.69, 9.17) is 0 Å². The SMILES string of the molecule is [CH2]C(N1CCCCC1)N(CCCCC(C)C)CCC(C)C. The zero-order chi connectivity index (χ0) is 15.7. The lowest BCUT2D eigenvalue weighted by atomic mass is 10.1. The number of hydrogen-bond acceptors (Lipinski definition) is 2. The third-order valence-corrected chi connectivity index (χ3v) is 4.70. The molecule has 1 rings (SSSR count). The molecule has 0 bridgehead atoms. The van der Waals surface area contributed by atoms with Crippen LogP contribution in [0, 0.1) is 18.8 Å². The first-order valence-electron chi connectivity index (χ1n) is 9.32. The first-order chi connectivity index (χ1) is 10.0. The Morgan fingerprint density at radius 2 is 1.48 bits per heavy atom. The number of piperidine rings is 1. The van der Waals surface area contributed by atoms with Gasteiger partial charge in [-0.1, -0.05) is 47.0 Å². The second kappa shape index (κ2) is 10.6. The predicted molar refractivity (Wildman–Crippen MR) is 94.3 cm³/mol. The molecule has 1 unspecified atom stereocenters. The average Bonchev–Trinajstić information content (AvgIpc) is 2.46. The van der Waals surface area contributed by atoms with Crippen LogP contribution in [0.3, 0.4) is 0 Å². The molecule has 2 nitrogen and oxygen atoms in total. The molecule has 1 aliphatic rings. The van der Waals surface area contributed by atoms with Gasteiger partial charge in [0.25, 0.3) is 0 Å². The van der Waals surface area contributed by atoms with Gasteiger partial charge in [-0.05, 0) is 70.6 Å². The maximum Gasteiger partial charge on any atom is 0.0623 e. The molecule has 0 amide bonds. The van der Waals surface area contributed by atoms with Gasteiger partial charge in [-0.25, -0.2) is 0 Å². The van der Waals surface area contributed by atoms with E-state index in [2.05, 4.69) is 44.4 Å². The number of unbranched alkanes of at least 4 members (excludes halogenated alkanes) is 1. The third kappa shape index (κ3) is 8.21. The minimum absolute atomic E-state index is 0.392. The summed E-state index contributed by atoms with van der Waals surface area (Å²) in [7, 11) is 0. The first kappa shape index (κ1) is 19.0. The van der Waals surface area contributed by atoms with Crippen LogP contribution >= 0.6 is 0 Å². The molecule has 1 heterocycles. The van der Waals surface area contributed by atoms with Crippen LogP contribution in [0.2, 0.25) is 0 Å². The van der Waals surface area contributed by atoms with Crippen molar-refractivity contribution in [2.24, 2.45) is 11.8 Å². The van der Waals surface area contributed by atoms with E-state index in [1.807, 2.05) is 0 Å². The van der Waals surface area contributed by atoms with Crippen molar-refractivity contribution in [2.45, 2.75) is 78.8 Å². The van der Waals surface area contributed by atoms with E-state index >= 15 is 0 Å². The van der Waals surface area contributed by atoms with E-state index in [0.717, 1.165) is 11.8 Å². The summed E-state index contributed by atoms with van der Waals surface area (Å²) < 4.78 is 0. The fourth-order valence-electron chi connectivity index (χ4n) is 3.15. The summed E-state index contributed by atoms with van der Waals surface area (Å²) in [5.74, 6) is 1.63. The number of rotatable bonds is 10. The summed E-state index contributed by atoms with van der Waals surface area (Å²) in [4.78, 5) is 5.25. The van der Waals surface area contributed by atoms with Crippen LogP contribution in [-0.2, 0) is 0 Å². The Kier molecular flexibility index (Phi) is 9.59. The Morgan fingerprint density at radius 1 is 0.857 bits per heavy atom. The van der Waals surface area contributed by atoms with Gasteiger partial charge in [0.15, 0.2) is 0 Å². The summed E-state index contributed by atoms with van der Waals surface area (Å²) in [6, 6.07) is 0. The molecule has 1 saturated heterocycles. The monoisotopic (exact) mass is 295 g/mol. The summed E-state index contributed by atoms with van der Waals surface area (Å²) in [6.45, 7) is 18.8. The maximum absolute atomic E-state index is 4.51. The molecule has 0 saturated carbocycles. The lowest BCUT2D eigenvalue weighted by Gasteiger charge is -2.40. The van der Waals surface area contributed by atoms with Crippen molar-refractivity contribution < 1.29 is 0 Å². The van der Waals surface area contributed by atoms with Crippen molar-refractivity contribution in [1.82, 2.24) is 9.80 Å². The molecule has 0 aliphatic carbocycles. The fourth-order valence-corrected chi connectivity index (χ4v) is 3.15. The summed E-state index contributed by atoms with van der Waals surface area (Å²) in [5, 5.41) is 0.